The summed E-state index contributed by atoms with van der Waals surface area (Å²) in [6.07, 6.45) is 0. The third kappa shape index (κ3) is 1.61. The van der Waals surface area contributed by atoms with Crippen molar-refractivity contribution in [2.75, 3.05) is 11.6 Å². The van der Waals surface area contributed by atoms with Crippen molar-refractivity contribution >= 4 is 22.8 Å². The smallest absolute Gasteiger partial charge is 0.294 e. The third-order valence-corrected chi connectivity index (χ3v) is 4.07. The van der Waals surface area contributed by atoms with E-state index in [1.165, 1.54) is 11.6 Å². The van der Waals surface area contributed by atoms with Gasteiger partial charge in [0, 0.05) is 20.6 Å². The van der Waals surface area contributed by atoms with Crippen LogP contribution in [0.4, 0.5) is 5.95 Å². The van der Waals surface area contributed by atoms with Gasteiger partial charge in [-0.1, -0.05) is 0 Å². The molecular weight excluding hydrogens is 272 g/mol. The largest absolute Gasteiger partial charge is 0.332 e. The van der Waals surface area contributed by atoms with Crippen molar-refractivity contribution in [3.63, 3.8) is 0 Å². The molecule has 8 nitrogen and oxygen atoms in total. The summed E-state index contributed by atoms with van der Waals surface area (Å²) >= 11 is 0. The van der Waals surface area contributed by atoms with Crippen molar-refractivity contribution < 1.29 is 0 Å². The predicted molar refractivity (Wildman–Crippen MR) is 81.1 cm³/mol. The predicted octanol–water partition coefficient (Wildman–Crippen LogP) is 0.211. The average molecular weight is 290 g/mol. The maximum Gasteiger partial charge on any atom is 0.332 e. The molecule has 0 saturated heterocycles. The number of aryl methyl sites for hydroxylation is 1. The molecule has 0 unspecified atom stereocenters. The lowest BCUT2D eigenvalue weighted by molar-refractivity contribution is 0.641. The van der Waals surface area contributed by atoms with Crippen molar-refractivity contribution in [3.8, 4) is 0 Å². The van der Waals surface area contributed by atoms with Crippen molar-refractivity contribution in [2.24, 2.45) is 19.2 Å². The highest BCUT2D eigenvalue weighted by molar-refractivity contribution is 5.90. The van der Waals surface area contributed by atoms with Crippen molar-refractivity contribution in [1.82, 2.24) is 18.7 Å². The van der Waals surface area contributed by atoms with Gasteiger partial charge >= 0.3 is 5.69 Å². The van der Waals surface area contributed by atoms with Crippen LogP contribution >= 0.6 is 0 Å². The summed E-state index contributed by atoms with van der Waals surface area (Å²) in [7, 11) is 3.11. The summed E-state index contributed by atoms with van der Waals surface area (Å²) in [5.74, 6) is 0.601. The summed E-state index contributed by atoms with van der Waals surface area (Å²) < 4.78 is 4.38. The molecule has 0 aromatic carbocycles. The molecule has 8 heteroatoms. The number of imidazole rings is 1. The molecule has 112 valence electrons. The van der Waals surface area contributed by atoms with Gasteiger partial charge in [-0.05, 0) is 20.8 Å². The summed E-state index contributed by atoms with van der Waals surface area (Å²) in [5.41, 5.74) is 1.03. The van der Waals surface area contributed by atoms with Crippen molar-refractivity contribution in [1.29, 1.82) is 0 Å². The molecule has 1 atom stereocenters. The molecule has 2 aromatic heterocycles. The van der Waals surface area contributed by atoms with Gasteiger partial charge < -0.3 is 0 Å². The Balaban J connectivity index is 2.52. The number of aromatic nitrogens is 4. The quantitative estimate of drug-likeness (QED) is 0.752. The molecule has 0 bridgehead atoms. The molecule has 0 aliphatic carbocycles. The number of anilines is 1. The van der Waals surface area contributed by atoms with E-state index in [-0.39, 0.29) is 17.3 Å². The molecule has 2 aromatic rings. The number of hydrogen-bond acceptors (Lipinski definition) is 5. The van der Waals surface area contributed by atoms with E-state index in [4.69, 9.17) is 0 Å². The summed E-state index contributed by atoms with van der Waals surface area (Å²) in [6.45, 7) is 6.50. The zero-order valence-electron chi connectivity index (χ0n) is 12.8. The van der Waals surface area contributed by atoms with E-state index in [1.54, 1.807) is 12.1 Å². The van der Waals surface area contributed by atoms with E-state index in [0.717, 1.165) is 10.3 Å². The van der Waals surface area contributed by atoms with E-state index in [9.17, 15) is 9.59 Å². The molecule has 3 heterocycles. The number of nitrogens with zero attached hydrogens (tertiary/aromatic N) is 6. The van der Waals surface area contributed by atoms with Crippen LogP contribution in [0.5, 0.6) is 0 Å². The lowest BCUT2D eigenvalue weighted by Crippen LogP contribution is -2.38. The van der Waals surface area contributed by atoms with Crippen molar-refractivity contribution in [3.05, 3.63) is 20.8 Å². The summed E-state index contributed by atoms with van der Waals surface area (Å²) in [4.78, 5) is 29.0. The van der Waals surface area contributed by atoms with E-state index in [2.05, 4.69) is 10.1 Å². The van der Waals surface area contributed by atoms with Gasteiger partial charge in [0.1, 0.15) is 0 Å². The van der Waals surface area contributed by atoms with Gasteiger partial charge in [0.2, 0.25) is 5.95 Å². The first-order chi connectivity index (χ1) is 9.88. The monoisotopic (exact) mass is 290 g/mol. The fourth-order valence-electron chi connectivity index (χ4n) is 2.67. The number of fused-ring (bicyclic) bond motifs is 3. The van der Waals surface area contributed by atoms with Gasteiger partial charge in [-0.15, -0.1) is 0 Å². The highest BCUT2D eigenvalue weighted by Crippen LogP contribution is 2.29. The zero-order valence-corrected chi connectivity index (χ0v) is 12.8. The Morgan fingerprint density at radius 3 is 2.48 bits per heavy atom. The van der Waals surface area contributed by atoms with Gasteiger partial charge in [0.05, 0.1) is 11.8 Å². The zero-order chi connectivity index (χ0) is 15.5. The van der Waals surface area contributed by atoms with Gasteiger partial charge in [0.25, 0.3) is 5.56 Å². The molecule has 0 saturated carbocycles. The van der Waals surface area contributed by atoms with Crippen LogP contribution in [-0.4, -0.2) is 30.9 Å². The molecule has 1 aliphatic heterocycles. The minimum Gasteiger partial charge on any atom is -0.294 e. The first-order valence-corrected chi connectivity index (χ1v) is 6.89. The molecular formula is C13H18N6O2. The van der Waals surface area contributed by atoms with E-state index >= 15 is 0 Å². The van der Waals surface area contributed by atoms with E-state index < -0.39 is 0 Å². The fraction of sp³-hybridized carbons (Fsp3) is 0.538. The SMILES string of the molecule is CCN1N=C(C)[C@H](C)n2c1nc1c2c(=O)n(C)c(=O)n1C. The minimum absolute atomic E-state index is 0.0713. The van der Waals surface area contributed by atoms with E-state index in [1.807, 2.05) is 25.3 Å². The lowest BCUT2D eigenvalue weighted by Gasteiger charge is -2.28. The Bertz CT molecular complexity index is 885. The van der Waals surface area contributed by atoms with Crippen LogP contribution in [0.1, 0.15) is 26.8 Å². The molecule has 0 spiro atoms. The lowest BCUT2D eigenvalue weighted by atomic mass is 10.2. The number of hydrazone groups is 1. The first kappa shape index (κ1) is 13.6. The van der Waals surface area contributed by atoms with Crippen LogP contribution in [0, 0.1) is 0 Å². The fourth-order valence-corrected chi connectivity index (χ4v) is 2.67. The second-order valence-electron chi connectivity index (χ2n) is 5.29. The van der Waals surface area contributed by atoms with Crippen LogP contribution in [0.2, 0.25) is 0 Å². The number of rotatable bonds is 1. The summed E-state index contributed by atoms with van der Waals surface area (Å²) in [6, 6.07) is -0.0713. The third-order valence-electron chi connectivity index (χ3n) is 4.07. The van der Waals surface area contributed by atoms with E-state index in [0.29, 0.717) is 23.7 Å². The minimum atomic E-state index is -0.378. The van der Waals surface area contributed by atoms with Crippen LogP contribution in [0.3, 0.4) is 0 Å². The molecule has 1 aliphatic rings. The Morgan fingerprint density at radius 2 is 1.86 bits per heavy atom. The maximum atomic E-state index is 12.5. The molecule has 0 amide bonds. The second-order valence-corrected chi connectivity index (χ2v) is 5.29. The number of hydrogen-bond donors (Lipinski definition) is 0. The van der Waals surface area contributed by atoms with Gasteiger partial charge in [-0.3, -0.25) is 18.5 Å². The Labute approximate surface area is 120 Å². The highest BCUT2D eigenvalue weighted by atomic mass is 16.2. The molecule has 0 radical (unpaired) electrons. The van der Waals surface area contributed by atoms with Gasteiger partial charge in [-0.25, -0.2) is 9.80 Å². The average Bonchev–Trinajstić information content (AvgIpc) is 2.87. The Hall–Kier alpha value is -2.38. The topological polar surface area (TPSA) is 77.4 Å². The standard InChI is InChI=1S/C13H18N6O2/c1-6-18-12-14-10-9(19(12)8(3)7(2)15-18)11(20)17(5)13(21)16(10)4/h8H,6H2,1-5H3/t8-/m0/s1. The van der Waals surface area contributed by atoms with Crippen LogP contribution in [-0.2, 0) is 14.1 Å². The van der Waals surface area contributed by atoms with Gasteiger partial charge in [-0.2, -0.15) is 10.1 Å². The Kier molecular flexibility index (Phi) is 2.79. The van der Waals surface area contributed by atoms with Crippen molar-refractivity contribution in [2.45, 2.75) is 26.8 Å². The molecule has 21 heavy (non-hydrogen) atoms. The Morgan fingerprint density at radius 1 is 1.19 bits per heavy atom. The summed E-state index contributed by atoms with van der Waals surface area (Å²) in [5, 5.41) is 6.24. The first-order valence-electron chi connectivity index (χ1n) is 6.89. The molecule has 3 rings (SSSR count). The van der Waals surface area contributed by atoms with Crippen LogP contribution in [0.25, 0.3) is 11.2 Å². The highest BCUT2D eigenvalue weighted by Gasteiger charge is 2.29. The maximum absolute atomic E-state index is 12.5. The van der Waals surface area contributed by atoms with Crippen LogP contribution in [0.15, 0.2) is 14.7 Å². The second kappa shape index (κ2) is 4.31. The normalized spacial score (nSPS) is 18.0. The van der Waals surface area contributed by atoms with Gasteiger partial charge in [0.15, 0.2) is 11.2 Å². The molecule has 0 fully saturated rings. The van der Waals surface area contributed by atoms with Crippen LogP contribution < -0.4 is 16.3 Å². The molecule has 0 N–H and O–H groups in total.